The fourth-order valence-electron chi connectivity index (χ4n) is 3.05. The van der Waals surface area contributed by atoms with Gasteiger partial charge in [-0.1, -0.05) is 33.6 Å². The third-order valence-corrected chi connectivity index (χ3v) is 5.31. The van der Waals surface area contributed by atoms with Gasteiger partial charge in [-0.25, -0.2) is 0 Å². The third kappa shape index (κ3) is 5.10. The standard InChI is InChI=1S/C15H32N2S/c1-13(2)18-10-9-16-12-15(17(4)5)8-6-7-14(3)11-15/h13-14,16H,6-12H2,1-5H3. The molecule has 3 heteroatoms. The largest absolute Gasteiger partial charge is 0.314 e. The molecule has 1 aliphatic carbocycles. The Morgan fingerprint density at radius 2 is 2.11 bits per heavy atom. The van der Waals surface area contributed by atoms with Crippen LogP contribution >= 0.6 is 11.8 Å². The SMILES string of the molecule is CC1CCCC(CNCCSC(C)C)(N(C)C)C1. The Labute approximate surface area is 118 Å². The molecule has 0 aliphatic heterocycles. The van der Waals surface area contributed by atoms with E-state index in [1.165, 1.54) is 31.4 Å². The maximum absolute atomic E-state index is 3.69. The number of nitrogens with zero attached hydrogens (tertiary/aromatic N) is 1. The predicted molar refractivity (Wildman–Crippen MR) is 84.5 cm³/mol. The van der Waals surface area contributed by atoms with Crippen LogP contribution in [0.5, 0.6) is 0 Å². The van der Waals surface area contributed by atoms with Gasteiger partial charge in [0.15, 0.2) is 0 Å². The summed E-state index contributed by atoms with van der Waals surface area (Å²) in [4.78, 5) is 2.46. The fraction of sp³-hybridized carbons (Fsp3) is 1.00. The summed E-state index contributed by atoms with van der Waals surface area (Å²) in [5, 5.41) is 4.44. The summed E-state index contributed by atoms with van der Waals surface area (Å²) in [6, 6.07) is 0. The van der Waals surface area contributed by atoms with Gasteiger partial charge in [0.1, 0.15) is 0 Å². The molecule has 2 unspecified atom stereocenters. The van der Waals surface area contributed by atoms with Crippen LogP contribution in [0.3, 0.4) is 0 Å². The minimum absolute atomic E-state index is 0.403. The van der Waals surface area contributed by atoms with Crippen LogP contribution in [-0.4, -0.2) is 48.6 Å². The number of nitrogens with one attached hydrogen (secondary N) is 1. The first-order valence-corrected chi connectivity index (χ1v) is 8.51. The highest BCUT2D eigenvalue weighted by molar-refractivity contribution is 7.99. The van der Waals surface area contributed by atoms with Crippen LogP contribution in [0.4, 0.5) is 0 Å². The highest BCUT2D eigenvalue weighted by atomic mass is 32.2. The van der Waals surface area contributed by atoms with Crippen molar-refractivity contribution in [2.45, 2.75) is 57.2 Å². The first-order valence-electron chi connectivity index (χ1n) is 7.46. The second kappa shape index (κ2) is 7.76. The Kier molecular flexibility index (Phi) is 7.04. The normalized spacial score (nSPS) is 29.2. The Morgan fingerprint density at radius 1 is 1.39 bits per heavy atom. The van der Waals surface area contributed by atoms with Gasteiger partial charge in [-0.15, -0.1) is 0 Å². The number of hydrogen-bond acceptors (Lipinski definition) is 3. The van der Waals surface area contributed by atoms with Crippen molar-refractivity contribution in [1.29, 1.82) is 0 Å². The molecule has 1 rings (SSSR count). The zero-order valence-corrected chi connectivity index (χ0v) is 13.8. The van der Waals surface area contributed by atoms with E-state index in [9.17, 15) is 0 Å². The van der Waals surface area contributed by atoms with E-state index in [0.717, 1.165) is 24.3 Å². The van der Waals surface area contributed by atoms with E-state index in [1.54, 1.807) is 0 Å². The van der Waals surface area contributed by atoms with Crippen molar-refractivity contribution in [1.82, 2.24) is 10.2 Å². The van der Waals surface area contributed by atoms with E-state index < -0.39 is 0 Å². The summed E-state index contributed by atoms with van der Waals surface area (Å²) in [7, 11) is 4.51. The smallest absolute Gasteiger partial charge is 0.0330 e. The second-order valence-electron chi connectivity index (χ2n) is 6.42. The Morgan fingerprint density at radius 3 is 2.67 bits per heavy atom. The summed E-state index contributed by atoms with van der Waals surface area (Å²) in [5.41, 5.74) is 0.403. The van der Waals surface area contributed by atoms with Crippen LogP contribution in [0, 0.1) is 5.92 Å². The topological polar surface area (TPSA) is 15.3 Å². The van der Waals surface area contributed by atoms with Crippen LogP contribution in [0.15, 0.2) is 0 Å². The lowest BCUT2D eigenvalue weighted by molar-refractivity contribution is 0.0759. The molecular formula is C15H32N2S. The van der Waals surface area contributed by atoms with E-state index in [2.05, 4.69) is 45.1 Å². The van der Waals surface area contributed by atoms with Crippen molar-refractivity contribution in [3.63, 3.8) is 0 Å². The van der Waals surface area contributed by atoms with Crippen LogP contribution in [-0.2, 0) is 0 Å². The molecule has 2 atom stereocenters. The van der Waals surface area contributed by atoms with Crippen molar-refractivity contribution in [2.75, 3.05) is 32.9 Å². The van der Waals surface area contributed by atoms with E-state index >= 15 is 0 Å². The highest BCUT2D eigenvalue weighted by Gasteiger charge is 2.36. The zero-order valence-electron chi connectivity index (χ0n) is 13.0. The van der Waals surface area contributed by atoms with Crippen LogP contribution in [0.25, 0.3) is 0 Å². The average molecular weight is 273 g/mol. The summed E-state index contributed by atoms with van der Waals surface area (Å²) < 4.78 is 0. The summed E-state index contributed by atoms with van der Waals surface area (Å²) in [5.74, 6) is 2.12. The maximum Gasteiger partial charge on any atom is 0.0330 e. The molecule has 108 valence electrons. The molecule has 2 nitrogen and oxygen atoms in total. The molecule has 0 aromatic heterocycles. The average Bonchev–Trinajstić information content (AvgIpc) is 2.28. The van der Waals surface area contributed by atoms with Crippen molar-refractivity contribution in [2.24, 2.45) is 5.92 Å². The van der Waals surface area contributed by atoms with Crippen molar-refractivity contribution in [3.8, 4) is 0 Å². The zero-order chi connectivity index (χ0) is 13.6. The first kappa shape index (κ1) is 16.3. The van der Waals surface area contributed by atoms with Gasteiger partial charge in [0.2, 0.25) is 0 Å². The molecule has 0 spiro atoms. The van der Waals surface area contributed by atoms with E-state index in [-0.39, 0.29) is 0 Å². The van der Waals surface area contributed by atoms with E-state index in [1.807, 2.05) is 11.8 Å². The number of rotatable bonds is 7. The number of thioether (sulfide) groups is 1. The molecule has 0 saturated heterocycles. The molecule has 1 fully saturated rings. The quantitative estimate of drug-likeness (QED) is 0.716. The first-order chi connectivity index (χ1) is 8.46. The highest BCUT2D eigenvalue weighted by Crippen LogP contribution is 2.35. The van der Waals surface area contributed by atoms with Crippen LogP contribution in [0.1, 0.15) is 46.5 Å². The van der Waals surface area contributed by atoms with E-state index in [0.29, 0.717) is 5.54 Å². The minimum atomic E-state index is 0.403. The Balaban J connectivity index is 2.34. The minimum Gasteiger partial charge on any atom is -0.314 e. The molecule has 1 saturated carbocycles. The molecule has 0 aromatic carbocycles. The lowest BCUT2D eigenvalue weighted by Gasteiger charge is -2.45. The maximum atomic E-state index is 3.69. The van der Waals surface area contributed by atoms with Gasteiger partial charge in [-0.3, -0.25) is 0 Å². The number of hydrogen-bond donors (Lipinski definition) is 1. The lowest BCUT2D eigenvalue weighted by Crippen LogP contribution is -2.54. The van der Waals surface area contributed by atoms with Crippen LogP contribution in [0.2, 0.25) is 0 Å². The van der Waals surface area contributed by atoms with Crippen molar-refractivity contribution < 1.29 is 0 Å². The van der Waals surface area contributed by atoms with Gasteiger partial charge in [0, 0.05) is 24.4 Å². The molecule has 1 aliphatic rings. The van der Waals surface area contributed by atoms with Gasteiger partial charge in [0.05, 0.1) is 0 Å². The molecule has 0 radical (unpaired) electrons. The molecule has 1 N–H and O–H groups in total. The van der Waals surface area contributed by atoms with Gasteiger partial charge in [-0.2, -0.15) is 11.8 Å². The molecular weight excluding hydrogens is 240 g/mol. The third-order valence-electron chi connectivity index (χ3n) is 4.20. The van der Waals surface area contributed by atoms with Crippen molar-refractivity contribution >= 4 is 11.8 Å². The summed E-state index contributed by atoms with van der Waals surface area (Å²) in [6.07, 6.45) is 5.51. The molecule has 0 aromatic rings. The fourth-order valence-corrected chi connectivity index (χ4v) is 3.78. The van der Waals surface area contributed by atoms with E-state index in [4.69, 9.17) is 0 Å². The van der Waals surface area contributed by atoms with Gasteiger partial charge in [0.25, 0.3) is 0 Å². The molecule has 0 heterocycles. The summed E-state index contributed by atoms with van der Waals surface area (Å²) in [6.45, 7) is 9.26. The summed E-state index contributed by atoms with van der Waals surface area (Å²) >= 11 is 2.05. The lowest BCUT2D eigenvalue weighted by atomic mass is 9.75. The molecule has 0 amide bonds. The van der Waals surface area contributed by atoms with Crippen LogP contribution < -0.4 is 5.32 Å². The monoisotopic (exact) mass is 272 g/mol. The molecule has 0 bridgehead atoms. The number of likely N-dealkylation sites (N-methyl/N-ethyl adjacent to an activating group) is 1. The molecule has 18 heavy (non-hydrogen) atoms. The predicted octanol–water partition coefficient (Wildman–Crippen LogP) is 3.23. The van der Waals surface area contributed by atoms with Gasteiger partial charge in [-0.05, 0) is 38.1 Å². The second-order valence-corrected chi connectivity index (χ2v) is 8.10. The van der Waals surface area contributed by atoms with Gasteiger partial charge < -0.3 is 10.2 Å². The Hall–Kier alpha value is 0.270. The van der Waals surface area contributed by atoms with Crippen molar-refractivity contribution in [3.05, 3.63) is 0 Å². The van der Waals surface area contributed by atoms with Gasteiger partial charge >= 0.3 is 0 Å². The Bertz CT molecular complexity index is 231.